The molecule has 0 N–H and O–H groups in total. The highest BCUT2D eigenvalue weighted by atomic mass is 15.1. The number of rotatable bonds is 7. The van der Waals surface area contributed by atoms with Gasteiger partial charge >= 0.3 is 0 Å². The van der Waals surface area contributed by atoms with E-state index in [1.807, 2.05) is 0 Å². The third-order valence-electron chi connectivity index (χ3n) is 7.85. The topological polar surface area (TPSA) is 3.24 Å². The molecule has 0 saturated heterocycles. The van der Waals surface area contributed by atoms with E-state index in [-0.39, 0.29) is 0 Å². The van der Waals surface area contributed by atoms with Crippen molar-refractivity contribution in [1.82, 2.24) is 0 Å². The minimum absolute atomic E-state index is 1.11. The first-order chi connectivity index (χ1) is 21.3. The Hall–Kier alpha value is -5.66. The molecule has 0 saturated carbocycles. The van der Waals surface area contributed by atoms with Crippen LogP contribution in [0.2, 0.25) is 0 Å². The Morgan fingerprint density at radius 3 is 1.14 bits per heavy atom. The van der Waals surface area contributed by atoms with E-state index in [1.165, 1.54) is 44.5 Å². The van der Waals surface area contributed by atoms with Gasteiger partial charge in [0.05, 0.1) is 5.69 Å². The van der Waals surface area contributed by atoms with Gasteiger partial charge in [-0.2, -0.15) is 0 Å². The van der Waals surface area contributed by atoms with Crippen LogP contribution in [0.4, 0.5) is 17.1 Å². The summed E-state index contributed by atoms with van der Waals surface area (Å²) >= 11 is 0. The summed E-state index contributed by atoms with van der Waals surface area (Å²) in [4.78, 5) is 2.39. The monoisotopic (exact) mass is 549 g/mol. The van der Waals surface area contributed by atoms with Crippen LogP contribution >= 0.6 is 0 Å². The average Bonchev–Trinajstić information content (AvgIpc) is 3.10. The van der Waals surface area contributed by atoms with Gasteiger partial charge in [-0.3, -0.25) is 0 Å². The summed E-state index contributed by atoms with van der Waals surface area (Å²) in [5.74, 6) is 0. The Morgan fingerprint density at radius 2 is 0.628 bits per heavy atom. The quantitative estimate of drug-likeness (QED) is 0.191. The highest BCUT2D eigenvalue weighted by Gasteiger charge is 2.18. The summed E-state index contributed by atoms with van der Waals surface area (Å²) in [7, 11) is 0. The van der Waals surface area contributed by atoms with E-state index in [2.05, 4.69) is 193 Å². The van der Waals surface area contributed by atoms with Crippen molar-refractivity contribution in [3.05, 3.63) is 188 Å². The van der Waals surface area contributed by atoms with Gasteiger partial charge in [-0.15, -0.1) is 0 Å². The van der Waals surface area contributed by atoms with E-state index in [0.717, 1.165) is 17.1 Å². The van der Waals surface area contributed by atoms with Crippen LogP contribution in [-0.2, 0) is 0 Å². The molecule has 0 aromatic heterocycles. The first-order valence-corrected chi connectivity index (χ1v) is 14.7. The fraction of sp³-hybridized carbons (Fsp3) is 0. The van der Waals surface area contributed by atoms with Crippen LogP contribution in [0, 0.1) is 0 Å². The Labute approximate surface area is 254 Å². The zero-order valence-corrected chi connectivity index (χ0v) is 23.8. The lowest BCUT2D eigenvalue weighted by atomic mass is 9.96. The molecule has 0 spiro atoms. The van der Waals surface area contributed by atoms with Gasteiger partial charge in [-0.05, 0) is 75.3 Å². The minimum atomic E-state index is 1.11. The second kappa shape index (κ2) is 12.1. The lowest BCUT2D eigenvalue weighted by molar-refractivity contribution is 1.28. The molecule has 7 aromatic carbocycles. The number of hydrogen-bond acceptors (Lipinski definition) is 1. The van der Waals surface area contributed by atoms with Gasteiger partial charge in [0.25, 0.3) is 0 Å². The molecule has 0 unspecified atom stereocenters. The minimum Gasteiger partial charge on any atom is -0.310 e. The second-order valence-corrected chi connectivity index (χ2v) is 10.6. The molecule has 204 valence electrons. The molecular formula is C42H31N. The van der Waals surface area contributed by atoms with E-state index >= 15 is 0 Å². The zero-order chi connectivity index (χ0) is 28.8. The van der Waals surface area contributed by atoms with Crippen molar-refractivity contribution in [1.29, 1.82) is 0 Å². The van der Waals surface area contributed by atoms with Gasteiger partial charge in [0, 0.05) is 16.9 Å². The standard InChI is InChI=1S/C42H31N/c1-4-15-32(16-5-1)35-21-12-24-38(29-35)41-27-10-11-28-42(41)43(39-25-13-22-36(30-39)33-17-6-2-7-18-33)40-26-14-23-37(31-40)34-19-8-3-9-20-34/h1-31H. The molecule has 1 nitrogen and oxygen atoms in total. The number of para-hydroxylation sites is 1. The van der Waals surface area contributed by atoms with Gasteiger partial charge < -0.3 is 4.90 Å². The maximum Gasteiger partial charge on any atom is 0.0540 e. The first-order valence-electron chi connectivity index (χ1n) is 14.7. The van der Waals surface area contributed by atoms with E-state index in [9.17, 15) is 0 Å². The van der Waals surface area contributed by atoms with Crippen molar-refractivity contribution in [2.45, 2.75) is 0 Å². The van der Waals surface area contributed by atoms with Gasteiger partial charge in [-0.25, -0.2) is 0 Å². The molecule has 0 bridgehead atoms. The Morgan fingerprint density at radius 1 is 0.256 bits per heavy atom. The molecule has 0 radical (unpaired) electrons. The predicted molar refractivity (Wildman–Crippen MR) is 183 cm³/mol. The lowest BCUT2D eigenvalue weighted by Crippen LogP contribution is -2.11. The summed E-state index contributed by atoms with van der Waals surface area (Å²) in [5.41, 5.74) is 12.9. The Kier molecular flexibility index (Phi) is 7.36. The Bertz CT molecular complexity index is 1880. The van der Waals surface area contributed by atoms with E-state index in [4.69, 9.17) is 0 Å². The normalized spacial score (nSPS) is 10.8. The highest BCUT2D eigenvalue weighted by Crippen LogP contribution is 2.43. The molecule has 0 fully saturated rings. The summed E-state index contributed by atoms with van der Waals surface area (Å²) in [6, 6.07) is 67.0. The van der Waals surface area contributed by atoms with E-state index in [0.29, 0.717) is 0 Å². The molecular weight excluding hydrogens is 518 g/mol. The van der Waals surface area contributed by atoms with Gasteiger partial charge in [0.1, 0.15) is 0 Å². The maximum absolute atomic E-state index is 2.39. The maximum atomic E-state index is 2.39. The van der Waals surface area contributed by atoms with Crippen molar-refractivity contribution in [3.63, 3.8) is 0 Å². The van der Waals surface area contributed by atoms with Crippen molar-refractivity contribution in [2.75, 3.05) is 4.90 Å². The van der Waals surface area contributed by atoms with E-state index < -0.39 is 0 Å². The summed E-state index contributed by atoms with van der Waals surface area (Å²) in [6.45, 7) is 0. The predicted octanol–water partition coefficient (Wildman–Crippen LogP) is 11.8. The molecule has 43 heavy (non-hydrogen) atoms. The molecule has 0 aliphatic rings. The summed E-state index contributed by atoms with van der Waals surface area (Å²) in [6.07, 6.45) is 0. The fourth-order valence-corrected chi connectivity index (χ4v) is 5.75. The highest BCUT2D eigenvalue weighted by molar-refractivity contribution is 5.91. The zero-order valence-electron chi connectivity index (χ0n) is 23.8. The van der Waals surface area contributed by atoms with E-state index in [1.54, 1.807) is 0 Å². The number of anilines is 3. The van der Waals surface area contributed by atoms with Crippen molar-refractivity contribution < 1.29 is 0 Å². The van der Waals surface area contributed by atoms with Crippen LogP contribution in [-0.4, -0.2) is 0 Å². The largest absolute Gasteiger partial charge is 0.310 e. The van der Waals surface area contributed by atoms with Crippen LogP contribution in [0.25, 0.3) is 44.5 Å². The average molecular weight is 550 g/mol. The van der Waals surface area contributed by atoms with Crippen LogP contribution in [0.15, 0.2) is 188 Å². The second-order valence-electron chi connectivity index (χ2n) is 10.6. The third-order valence-corrected chi connectivity index (χ3v) is 7.85. The molecule has 1 heteroatoms. The van der Waals surface area contributed by atoms with Crippen LogP contribution in [0.5, 0.6) is 0 Å². The molecule has 0 atom stereocenters. The summed E-state index contributed by atoms with van der Waals surface area (Å²) < 4.78 is 0. The van der Waals surface area contributed by atoms with Crippen LogP contribution < -0.4 is 4.90 Å². The summed E-state index contributed by atoms with van der Waals surface area (Å²) in [5, 5.41) is 0. The van der Waals surface area contributed by atoms with Crippen molar-refractivity contribution in [2.24, 2.45) is 0 Å². The fourth-order valence-electron chi connectivity index (χ4n) is 5.75. The number of benzene rings is 7. The third kappa shape index (κ3) is 5.62. The molecule has 0 amide bonds. The molecule has 0 aliphatic heterocycles. The molecule has 0 heterocycles. The lowest BCUT2D eigenvalue weighted by Gasteiger charge is -2.29. The Balaban J connectivity index is 1.41. The molecule has 7 aromatic rings. The SMILES string of the molecule is c1ccc(-c2cccc(-c3ccccc3N(c3cccc(-c4ccccc4)c3)c3cccc(-c4ccccc4)c3)c2)cc1. The first kappa shape index (κ1) is 26.3. The van der Waals surface area contributed by atoms with Gasteiger partial charge in [0.15, 0.2) is 0 Å². The van der Waals surface area contributed by atoms with Crippen LogP contribution in [0.1, 0.15) is 0 Å². The van der Waals surface area contributed by atoms with Gasteiger partial charge in [0.2, 0.25) is 0 Å². The van der Waals surface area contributed by atoms with Crippen molar-refractivity contribution >= 4 is 17.1 Å². The van der Waals surface area contributed by atoms with Crippen LogP contribution in [0.3, 0.4) is 0 Å². The molecule has 0 aliphatic carbocycles. The molecule has 7 rings (SSSR count). The van der Waals surface area contributed by atoms with Crippen molar-refractivity contribution in [3.8, 4) is 44.5 Å². The van der Waals surface area contributed by atoms with Gasteiger partial charge in [-0.1, -0.05) is 152 Å². The number of nitrogens with zero attached hydrogens (tertiary/aromatic N) is 1. The smallest absolute Gasteiger partial charge is 0.0540 e. The number of hydrogen-bond donors (Lipinski definition) is 0.